The van der Waals surface area contributed by atoms with Crippen LogP contribution in [0.5, 0.6) is 0 Å². The van der Waals surface area contributed by atoms with Crippen LogP contribution in [0.4, 0.5) is 4.39 Å². The van der Waals surface area contributed by atoms with Crippen LogP contribution in [0.25, 0.3) is 0 Å². The second kappa shape index (κ2) is 4.48. The normalized spacial score (nSPS) is 10.6. The molecule has 0 amide bonds. The smallest absolute Gasteiger partial charge is 0.123 e. The first kappa shape index (κ1) is 11.1. The number of nitrogens with two attached hydrogens (primary N) is 1. The van der Waals surface area contributed by atoms with Crippen LogP contribution in [0.3, 0.4) is 0 Å². The van der Waals surface area contributed by atoms with E-state index < -0.39 is 0 Å². The van der Waals surface area contributed by atoms with Crippen molar-refractivity contribution in [1.82, 2.24) is 4.90 Å². The summed E-state index contributed by atoms with van der Waals surface area (Å²) in [6.45, 7) is 0.701. The fourth-order valence-electron chi connectivity index (χ4n) is 1.26. The van der Waals surface area contributed by atoms with Gasteiger partial charge in [-0.1, -0.05) is 18.3 Å². The van der Waals surface area contributed by atoms with Gasteiger partial charge < -0.3 is 10.6 Å². The highest BCUT2D eigenvalue weighted by molar-refractivity contribution is 7.80. The molecule has 0 aliphatic rings. The molecule has 0 atom stereocenters. The van der Waals surface area contributed by atoms with Crippen LogP contribution in [-0.4, -0.2) is 24.0 Å². The summed E-state index contributed by atoms with van der Waals surface area (Å²) in [7, 11) is 3.87. The molecule has 0 spiro atoms. The predicted molar refractivity (Wildman–Crippen MR) is 59.7 cm³/mol. The molecule has 0 fully saturated rings. The molecule has 0 radical (unpaired) electrons. The zero-order valence-corrected chi connectivity index (χ0v) is 9.07. The molecule has 1 aromatic rings. The second-order valence-electron chi connectivity index (χ2n) is 3.40. The highest BCUT2D eigenvalue weighted by atomic mass is 32.1. The summed E-state index contributed by atoms with van der Waals surface area (Å²) in [5.74, 6) is -0.310. The molecule has 76 valence electrons. The summed E-state index contributed by atoms with van der Waals surface area (Å²) in [5.41, 5.74) is 7.07. The molecule has 0 aromatic heterocycles. The van der Waals surface area contributed by atoms with Gasteiger partial charge in [0.05, 0.1) is 0 Å². The van der Waals surface area contributed by atoms with Crippen LogP contribution in [0, 0.1) is 5.82 Å². The molecule has 4 heteroatoms. The minimum absolute atomic E-state index is 0.237. The Morgan fingerprint density at radius 2 is 2.14 bits per heavy atom. The van der Waals surface area contributed by atoms with E-state index in [1.165, 1.54) is 12.1 Å². The largest absolute Gasteiger partial charge is 0.389 e. The third-order valence-electron chi connectivity index (χ3n) is 1.82. The maximum atomic E-state index is 12.9. The van der Waals surface area contributed by atoms with Gasteiger partial charge in [-0.25, -0.2) is 4.39 Å². The third-order valence-corrected chi connectivity index (χ3v) is 2.04. The van der Waals surface area contributed by atoms with E-state index in [1.54, 1.807) is 6.07 Å². The maximum absolute atomic E-state index is 12.9. The molecule has 0 bridgehead atoms. The van der Waals surface area contributed by atoms with Crippen molar-refractivity contribution in [3.63, 3.8) is 0 Å². The number of hydrogen-bond donors (Lipinski definition) is 1. The lowest BCUT2D eigenvalue weighted by Gasteiger charge is -2.13. The Bertz CT molecular complexity index is 350. The lowest BCUT2D eigenvalue weighted by Crippen LogP contribution is -2.17. The van der Waals surface area contributed by atoms with Gasteiger partial charge in [0.2, 0.25) is 0 Å². The lowest BCUT2D eigenvalue weighted by atomic mass is 10.1. The van der Waals surface area contributed by atoms with Crippen molar-refractivity contribution in [3.8, 4) is 0 Å². The first-order valence-electron chi connectivity index (χ1n) is 4.23. The van der Waals surface area contributed by atoms with Crippen molar-refractivity contribution in [1.29, 1.82) is 0 Å². The number of halogens is 1. The molecule has 1 aromatic carbocycles. The maximum Gasteiger partial charge on any atom is 0.123 e. The summed E-state index contributed by atoms with van der Waals surface area (Å²) < 4.78 is 12.9. The van der Waals surface area contributed by atoms with Crippen LogP contribution in [0.2, 0.25) is 0 Å². The monoisotopic (exact) mass is 212 g/mol. The van der Waals surface area contributed by atoms with Gasteiger partial charge in [-0.05, 0) is 31.8 Å². The van der Waals surface area contributed by atoms with Crippen LogP contribution in [0.1, 0.15) is 11.1 Å². The minimum Gasteiger partial charge on any atom is -0.389 e. The zero-order chi connectivity index (χ0) is 10.7. The van der Waals surface area contributed by atoms with Crippen molar-refractivity contribution in [2.75, 3.05) is 14.1 Å². The van der Waals surface area contributed by atoms with Crippen molar-refractivity contribution in [2.24, 2.45) is 5.73 Å². The Morgan fingerprint density at radius 3 is 2.64 bits per heavy atom. The van der Waals surface area contributed by atoms with E-state index in [2.05, 4.69) is 0 Å². The molecule has 0 heterocycles. The molecule has 0 unspecified atom stereocenters. The molecule has 14 heavy (non-hydrogen) atoms. The van der Waals surface area contributed by atoms with E-state index in [0.717, 1.165) is 5.56 Å². The first-order valence-corrected chi connectivity index (χ1v) is 4.64. The van der Waals surface area contributed by atoms with E-state index in [9.17, 15) is 4.39 Å². The SMILES string of the molecule is CN(C)Cc1ccc(F)cc1C(N)=S. The van der Waals surface area contributed by atoms with Gasteiger partial charge in [-0.3, -0.25) is 0 Å². The Morgan fingerprint density at radius 1 is 1.50 bits per heavy atom. The molecule has 0 saturated carbocycles. The first-order chi connectivity index (χ1) is 6.50. The lowest BCUT2D eigenvalue weighted by molar-refractivity contribution is 0.402. The number of rotatable bonds is 3. The molecule has 2 nitrogen and oxygen atoms in total. The van der Waals surface area contributed by atoms with Gasteiger partial charge in [0.15, 0.2) is 0 Å². The standard InChI is InChI=1S/C10H13FN2S/c1-13(2)6-7-3-4-8(11)5-9(7)10(12)14/h3-5H,6H2,1-2H3,(H2,12,14). The topological polar surface area (TPSA) is 29.3 Å². The summed E-state index contributed by atoms with van der Waals surface area (Å²) >= 11 is 4.85. The van der Waals surface area contributed by atoms with Gasteiger partial charge in [0, 0.05) is 12.1 Å². The summed E-state index contributed by atoms with van der Waals surface area (Å²) in [4.78, 5) is 2.22. The van der Waals surface area contributed by atoms with Gasteiger partial charge >= 0.3 is 0 Å². The number of benzene rings is 1. The average Bonchev–Trinajstić information content (AvgIpc) is 2.07. The van der Waals surface area contributed by atoms with Gasteiger partial charge in [0.25, 0.3) is 0 Å². The molecule has 0 aliphatic heterocycles. The van der Waals surface area contributed by atoms with Gasteiger partial charge in [-0.2, -0.15) is 0 Å². The van der Waals surface area contributed by atoms with Crippen LogP contribution < -0.4 is 5.73 Å². The Kier molecular flexibility index (Phi) is 3.55. The van der Waals surface area contributed by atoms with E-state index in [0.29, 0.717) is 12.1 Å². The van der Waals surface area contributed by atoms with Gasteiger partial charge in [0.1, 0.15) is 10.8 Å². The van der Waals surface area contributed by atoms with E-state index in [4.69, 9.17) is 18.0 Å². The van der Waals surface area contributed by atoms with Crippen LogP contribution in [-0.2, 0) is 6.54 Å². The van der Waals surface area contributed by atoms with Crippen LogP contribution >= 0.6 is 12.2 Å². The van der Waals surface area contributed by atoms with Crippen molar-refractivity contribution in [3.05, 3.63) is 35.1 Å². The van der Waals surface area contributed by atoms with E-state index >= 15 is 0 Å². The molecule has 2 N–H and O–H groups in total. The van der Waals surface area contributed by atoms with Gasteiger partial charge in [-0.15, -0.1) is 0 Å². The molecule has 1 rings (SSSR count). The Labute approximate surface area is 88.5 Å². The Hall–Kier alpha value is -1.00. The fraction of sp³-hybridized carbons (Fsp3) is 0.300. The minimum atomic E-state index is -0.310. The van der Waals surface area contributed by atoms with Crippen LogP contribution in [0.15, 0.2) is 18.2 Å². The molecule has 0 aliphatic carbocycles. The second-order valence-corrected chi connectivity index (χ2v) is 3.84. The zero-order valence-electron chi connectivity index (χ0n) is 8.25. The molecule has 0 saturated heterocycles. The van der Waals surface area contributed by atoms with Crippen molar-refractivity contribution < 1.29 is 4.39 Å². The van der Waals surface area contributed by atoms with Crippen molar-refractivity contribution >= 4 is 17.2 Å². The Balaban J connectivity index is 3.08. The quantitative estimate of drug-likeness (QED) is 0.770. The van der Waals surface area contributed by atoms with Crippen molar-refractivity contribution in [2.45, 2.75) is 6.54 Å². The van der Waals surface area contributed by atoms with E-state index in [-0.39, 0.29) is 10.8 Å². The average molecular weight is 212 g/mol. The number of nitrogens with zero attached hydrogens (tertiary/aromatic N) is 1. The highest BCUT2D eigenvalue weighted by Gasteiger charge is 2.07. The predicted octanol–water partition coefficient (Wildman–Crippen LogP) is 1.52. The fourth-order valence-corrected chi connectivity index (χ4v) is 1.45. The van der Waals surface area contributed by atoms with E-state index in [1.807, 2.05) is 19.0 Å². The number of thiocarbonyl (C=S) groups is 1. The molecular weight excluding hydrogens is 199 g/mol. The number of hydrogen-bond acceptors (Lipinski definition) is 2. The summed E-state index contributed by atoms with van der Waals surface area (Å²) in [5, 5.41) is 0. The molecular formula is C10H13FN2S. The third kappa shape index (κ3) is 2.75. The highest BCUT2D eigenvalue weighted by Crippen LogP contribution is 2.12. The summed E-state index contributed by atoms with van der Waals surface area (Å²) in [6, 6.07) is 4.51. The summed E-state index contributed by atoms with van der Waals surface area (Å²) in [6.07, 6.45) is 0.